The van der Waals surface area contributed by atoms with Crippen LogP contribution in [0.2, 0.25) is 0 Å². The zero-order chi connectivity index (χ0) is 11.5. The molecule has 0 unspecified atom stereocenters. The van der Waals surface area contributed by atoms with Crippen LogP contribution >= 0.6 is 15.9 Å². The third-order valence-electron chi connectivity index (χ3n) is 2.24. The van der Waals surface area contributed by atoms with Crippen LogP contribution in [-0.4, -0.2) is 16.9 Å². The quantitative estimate of drug-likeness (QED) is 0.879. The van der Waals surface area contributed by atoms with Gasteiger partial charge in [0.25, 0.3) is 0 Å². The molecule has 0 atom stereocenters. The number of aromatic nitrogens is 2. The molecule has 0 fully saturated rings. The molecule has 1 aromatic heterocycles. The van der Waals surface area contributed by atoms with Gasteiger partial charge in [0.15, 0.2) is 0 Å². The van der Waals surface area contributed by atoms with Crippen LogP contribution in [0.5, 0.6) is 5.75 Å². The second kappa shape index (κ2) is 4.57. The first-order chi connectivity index (χ1) is 7.69. The summed E-state index contributed by atoms with van der Waals surface area (Å²) in [5.74, 6) is 0.820. The van der Waals surface area contributed by atoms with Gasteiger partial charge in [-0.15, -0.1) is 0 Å². The number of anilines is 1. The fraction of sp³-hybridized carbons (Fsp3) is 0.182. The molecule has 0 bridgehead atoms. The molecule has 0 radical (unpaired) electrons. The molecule has 0 spiro atoms. The Labute approximate surface area is 102 Å². The Kier molecular flexibility index (Phi) is 3.14. The predicted octanol–water partition coefficient (Wildman–Crippen LogP) is 2.28. The number of hydrogen-bond acceptors (Lipinski definition) is 3. The summed E-state index contributed by atoms with van der Waals surface area (Å²) in [6.07, 6.45) is 3.65. The third kappa shape index (κ3) is 2.36. The monoisotopic (exact) mass is 281 g/mol. The summed E-state index contributed by atoms with van der Waals surface area (Å²) in [6, 6.07) is 5.58. The van der Waals surface area contributed by atoms with Crippen molar-refractivity contribution in [1.29, 1.82) is 0 Å². The number of rotatable bonds is 3. The van der Waals surface area contributed by atoms with Crippen molar-refractivity contribution < 1.29 is 4.74 Å². The average molecular weight is 282 g/mol. The summed E-state index contributed by atoms with van der Waals surface area (Å²) < 4.78 is 8.05. The van der Waals surface area contributed by atoms with E-state index < -0.39 is 0 Å². The summed E-state index contributed by atoms with van der Waals surface area (Å²) in [5.41, 5.74) is 7.48. The van der Waals surface area contributed by atoms with E-state index in [2.05, 4.69) is 21.0 Å². The molecule has 0 aliphatic carbocycles. The summed E-state index contributed by atoms with van der Waals surface area (Å²) in [7, 11) is 1.65. The molecule has 0 aliphatic heterocycles. The molecule has 0 aliphatic rings. The van der Waals surface area contributed by atoms with Crippen molar-refractivity contribution in [3.63, 3.8) is 0 Å². The Bertz CT molecular complexity index is 496. The van der Waals surface area contributed by atoms with Gasteiger partial charge in [-0.2, -0.15) is 5.10 Å². The fourth-order valence-corrected chi connectivity index (χ4v) is 1.85. The van der Waals surface area contributed by atoms with Crippen LogP contribution in [0.4, 0.5) is 5.69 Å². The van der Waals surface area contributed by atoms with Crippen molar-refractivity contribution in [3.05, 3.63) is 40.6 Å². The minimum Gasteiger partial charge on any atom is -0.496 e. The van der Waals surface area contributed by atoms with E-state index in [0.717, 1.165) is 21.5 Å². The largest absolute Gasteiger partial charge is 0.496 e. The number of ether oxygens (including phenoxy) is 1. The van der Waals surface area contributed by atoms with Crippen LogP contribution < -0.4 is 10.5 Å². The van der Waals surface area contributed by atoms with Gasteiger partial charge in [-0.25, -0.2) is 0 Å². The number of halogens is 1. The lowest BCUT2D eigenvalue weighted by Crippen LogP contribution is -2.03. The smallest absolute Gasteiger partial charge is 0.124 e. The molecule has 0 saturated heterocycles. The first-order valence-electron chi connectivity index (χ1n) is 4.79. The van der Waals surface area contributed by atoms with E-state index in [-0.39, 0.29) is 0 Å². The molecular formula is C11H12BrN3O. The molecule has 16 heavy (non-hydrogen) atoms. The number of nitrogens with two attached hydrogens (primary N) is 1. The van der Waals surface area contributed by atoms with E-state index in [1.54, 1.807) is 13.3 Å². The minimum absolute atomic E-state index is 0.639. The Morgan fingerprint density at radius 1 is 1.50 bits per heavy atom. The van der Waals surface area contributed by atoms with E-state index in [4.69, 9.17) is 10.5 Å². The predicted molar refractivity (Wildman–Crippen MR) is 66.4 cm³/mol. The lowest BCUT2D eigenvalue weighted by molar-refractivity contribution is 0.407. The maximum atomic E-state index is 5.75. The van der Waals surface area contributed by atoms with Gasteiger partial charge in [0.2, 0.25) is 0 Å². The maximum absolute atomic E-state index is 5.75. The zero-order valence-corrected chi connectivity index (χ0v) is 10.4. The van der Waals surface area contributed by atoms with Crippen molar-refractivity contribution in [2.24, 2.45) is 0 Å². The molecular weight excluding hydrogens is 270 g/mol. The Hall–Kier alpha value is -1.49. The Morgan fingerprint density at radius 3 is 2.94 bits per heavy atom. The minimum atomic E-state index is 0.639. The van der Waals surface area contributed by atoms with E-state index in [0.29, 0.717) is 6.54 Å². The molecule has 2 aromatic rings. The molecule has 1 aromatic carbocycles. The Balaban J connectivity index is 2.29. The van der Waals surface area contributed by atoms with Crippen molar-refractivity contribution in [1.82, 2.24) is 9.78 Å². The van der Waals surface area contributed by atoms with Crippen LogP contribution in [-0.2, 0) is 6.54 Å². The number of benzene rings is 1. The van der Waals surface area contributed by atoms with Crippen molar-refractivity contribution in [3.8, 4) is 5.75 Å². The molecule has 2 rings (SSSR count). The van der Waals surface area contributed by atoms with Gasteiger partial charge in [-0.3, -0.25) is 4.68 Å². The number of nitrogens with zero attached hydrogens (tertiary/aromatic N) is 2. The van der Waals surface area contributed by atoms with Gasteiger partial charge in [0.05, 0.1) is 24.3 Å². The van der Waals surface area contributed by atoms with Crippen LogP contribution in [0, 0.1) is 0 Å². The zero-order valence-electron chi connectivity index (χ0n) is 8.85. The first-order valence-corrected chi connectivity index (χ1v) is 5.58. The average Bonchev–Trinajstić information content (AvgIpc) is 2.64. The lowest BCUT2D eigenvalue weighted by atomic mass is 10.2. The molecule has 4 nitrogen and oxygen atoms in total. The van der Waals surface area contributed by atoms with E-state index in [1.165, 1.54) is 0 Å². The maximum Gasteiger partial charge on any atom is 0.124 e. The number of nitrogen functional groups attached to an aromatic ring is 1. The van der Waals surface area contributed by atoms with Crippen LogP contribution in [0.25, 0.3) is 0 Å². The fourth-order valence-electron chi connectivity index (χ4n) is 1.52. The van der Waals surface area contributed by atoms with Crippen molar-refractivity contribution in [2.75, 3.05) is 12.8 Å². The lowest BCUT2D eigenvalue weighted by Gasteiger charge is -2.09. The van der Waals surface area contributed by atoms with Crippen molar-refractivity contribution >= 4 is 21.6 Å². The molecule has 0 amide bonds. The molecule has 2 N–H and O–H groups in total. The highest BCUT2D eigenvalue weighted by Crippen LogP contribution is 2.22. The van der Waals surface area contributed by atoms with Gasteiger partial charge in [-0.1, -0.05) is 0 Å². The number of methoxy groups -OCH3 is 1. The normalized spacial score (nSPS) is 10.4. The van der Waals surface area contributed by atoms with Gasteiger partial charge in [-0.05, 0) is 34.1 Å². The highest BCUT2D eigenvalue weighted by Gasteiger charge is 2.05. The second-order valence-electron chi connectivity index (χ2n) is 3.43. The Morgan fingerprint density at radius 2 is 2.31 bits per heavy atom. The van der Waals surface area contributed by atoms with Gasteiger partial charge < -0.3 is 10.5 Å². The van der Waals surface area contributed by atoms with Crippen LogP contribution in [0.15, 0.2) is 35.1 Å². The SMILES string of the molecule is COc1ccc(N)cc1Cn1cc(Br)cn1. The summed E-state index contributed by atoms with van der Waals surface area (Å²) in [4.78, 5) is 0. The molecule has 0 saturated carbocycles. The highest BCUT2D eigenvalue weighted by atomic mass is 79.9. The highest BCUT2D eigenvalue weighted by molar-refractivity contribution is 9.10. The summed E-state index contributed by atoms with van der Waals surface area (Å²) >= 11 is 3.36. The molecule has 84 valence electrons. The summed E-state index contributed by atoms with van der Waals surface area (Å²) in [6.45, 7) is 0.639. The van der Waals surface area contributed by atoms with E-state index in [1.807, 2.05) is 29.1 Å². The number of hydrogen-bond donors (Lipinski definition) is 1. The van der Waals surface area contributed by atoms with Crippen LogP contribution in [0.3, 0.4) is 0 Å². The second-order valence-corrected chi connectivity index (χ2v) is 4.34. The standard InChI is InChI=1S/C11H12BrN3O/c1-16-11-3-2-10(13)4-8(11)6-15-7-9(12)5-14-15/h2-5,7H,6,13H2,1H3. The van der Waals surface area contributed by atoms with Crippen molar-refractivity contribution in [2.45, 2.75) is 6.54 Å². The molecule has 5 heteroatoms. The van der Waals surface area contributed by atoms with Crippen LogP contribution in [0.1, 0.15) is 5.56 Å². The first kappa shape index (κ1) is 11.0. The third-order valence-corrected chi connectivity index (χ3v) is 2.65. The molecule has 1 heterocycles. The van der Waals surface area contributed by atoms with E-state index >= 15 is 0 Å². The van der Waals surface area contributed by atoms with Gasteiger partial charge in [0.1, 0.15) is 5.75 Å². The van der Waals surface area contributed by atoms with Gasteiger partial charge in [0, 0.05) is 17.4 Å². The summed E-state index contributed by atoms with van der Waals surface area (Å²) in [5, 5.41) is 4.19. The van der Waals surface area contributed by atoms with E-state index in [9.17, 15) is 0 Å². The van der Waals surface area contributed by atoms with Gasteiger partial charge >= 0.3 is 0 Å². The topological polar surface area (TPSA) is 53.1 Å².